The van der Waals surface area contributed by atoms with Gasteiger partial charge >= 0.3 is 0 Å². The number of amides is 1. The fourth-order valence-electron chi connectivity index (χ4n) is 5.29. The summed E-state index contributed by atoms with van der Waals surface area (Å²) < 4.78 is 11.5. The van der Waals surface area contributed by atoms with Crippen LogP contribution in [0.4, 0.5) is 0 Å². The monoisotopic (exact) mass is 512 g/mol. The second-order valence-corrected chi connectivity index (χ2v) is 9.62. The van der Waals surface area contributed by atoms with Gasteiger partial charge in [-0.15, -0.1) is 0 Å². The molecule has 38 heavy (non-hydrogen) atoms. The number of ether oxygens (including phenoxy) is 2. The minimum Gasteiger partial charge on any atom is -0.507 e. The van der Waals surface area contributed by atoms with Gasteiger partial charge in [0.1, 0.15) is 28.2 Å². The zero-order valence-electron chi connectivity index (χ0n) is 21.8. The standard InChI is InChI=1S/C30H28N2O6/c1-15-10-11-17-8-6-7-9-18(17)19(15)14-32-29(36)25-22(37-5)12-21(34)26-27(25)38-23-13-20(33)24(16(2)31-4)28(35)30(23,26)3/h6-13,31,34H,14H2,1-5H3,(H,32,36)/b24-16+/t30-/m1/s1. The van der Waals surface area contributed by atoms with Crippen LogP contribution in [0.1, 0.15) is 40.9 Å². The van der Waals surface area contributed by atoms with E-state index in [0.29, 0.717) is 5.70 Å². The van der Waals surface area contributed by atoms with E-state index in [1.807, 2.05) is 43.3 Å². The molecule has 0 radical (unpaired) electrons. The number of benzene rings is 3. The van der Waals surface area contributed by atoms with Crippen molar-refractivity contribution in [3.63, 3.8) is 0 Å². The molecule has 0 saturated carbocycles. The number of allylic oxidation sites excluding steroid dienone is 4. The Balaban J connectivity index is 1.60. The van der Waals surface area contributed by atoms with Crippen molar-refractivity contribution in [3.05, 3.63) is 87.8 Å². The Kier molecular flexibility index (Phi) is 5.98. The van der Waals surface area contributed by atoms with Gasteiger partial charge in [0.15, 0.2) is 17.3 Å². The summed E-state index contributed by atoms with van der Waals surface area (Å²) in [5.41, 5.74) is 1.03. The molecule has 8 nitrogen and oxygen atoms in total. The SMILES string of the molecule is CN/C(C)=C1\C(=O)C=C2Oc3c(C(=O)NCc4c(C)ccc5ccccc45)c(OC)cc(O)c3[C@]2(C)C1=O. The summed E-state index contributed by atoms with van der Waals surface area (Å²) in [6.45, 7) is 5.42. The van der Waals surface area contributed by atoms with Gasteiger partial charge in [-0.05, 0) is 42.7 Å². The summed E-state index contributed by atoms with van der Waals surface area (Å²) in [6.07, 6.45) is 1.24. The number of carbonyl (C=O) groups excluding carboxylic acids is 3. The van der Waals surface area contributed by atoms with Gasteiger partial charge < -0.3 is 25.2 Å². The van der Waals surface area contributed by atoms with E-state index in [1.54, 1.807) is 20.9 Å². The second kappa shape index (κ2) is 9.06. The molecule has 1 amide bonds. The molecule has 0 unspecified atom stereocenters. The molecule has 0 bridgehead atoms. The lowest BCUT2D eigenvalue weighted by Gasteiger charge is -2.28. The van der Waals surface area contributed by atoms with Crippen LogP contribution in [0.3, 0.4) is 0 Å². The van der Waals surface area contributed by atoms with E-state index in [1.165, 1.54) is 19.3 Å². The summed E-state index contributed by atoms with van der Waals surface area (Å²) in [4.78, 5) is 40.2. The van der Waals surface area contributed by atoms with Crippen molar-refractivity contribution in [1.29, 1.82) is 0 Å². The number of Topliss-reactive ketones (excluding diaryl/α,β-unsaturated/α-hetero) is 1. The van der Waals surface area contributed by atoms with E-state index in [9.17, 15) is 19.5 Å². The van der Waals surface area contributed by atoms with E-state index < -0.39 is 22.9 Å². The zero-order chi connectivity index (χ0) is 27.4. The van der Waals surface area contributed by atoms with E-state index in [-0.39, 0.29) is 46.3 Å². The van der Waals surface area contributed by atoms with Crippen molar-refractivity contribution < 1.29 is 29.0 Å². The van der Waals surface area contributed by atoms with Gasteiger partial charge in [0.25, 0.3) is 5.91 Å². The molecule has 3 aromatic rings. The fourth-order valence-corrected chi connectivity index (χ4v) is 5.29. The van der Waals surface area contributed by atoms with Gasteiger partial charge in [-0.1, -0.05) is 36.4 Å². The normalized spacial score (nSPS) is 19.3. The first-order chi connectivity index (χ1) is 18.1. The average molecular weight is 513 g/mol. The third kappa shape index (κ3) is 3.55. The molecule has 1 aliphatic heterocycles. The predicted molar refractivity (Wildman–Crippen MR) is 142 cm³/mol. The highest BCUT2D eigenvalue weighted by Crippen LogP contribution is 2.56. The summed E-state index contributed by atoms with van der Waals surface area (Å²) in [5, 5.41) is 18.9. The van der Waals surface area contributed by atoms with Crippen LogP contribution in [0, 0.1) is 6.92 Å². The second-order valence-electron chi connectivity index (χ2n) is 9.62. The number of phenolic OH excluding ortho intramolecular Hbond substituents is 1. The maximum atomic E-state index is 13.7. The molecule has 1 heterocycles. The number of carbonyl (C=O) groups is 3. The number of nitrogens with one attached hydrogen (secondary N) is 2. The van der Waals surface area contributed by atoms with Crippen LogP contribution in [-0.4, -0.2) is 36.7 Å². The molecular weight excluding hydrogens is 484 g/mol. The first kappa shape index (κ1) is 25.1. The molecule has 3 N–H and O–H groups in total. The molecule has 8 heteroatoms. The van der Waals surface area contributed by atoms with Crippen molar-refractivity contribution in [1.82, 2.24) is 10.6 Å². The quantitative estimate of drug-likeness (QED) is 0.350. The topological polar surface area (TPSA) is 114 Å². The Morgan fingerprint density at radius 1 is 1.16 bits per heavy atom. The molecule has 1 atom stereocenters. The van der Waals surface area contributed by atoms with Gasteiger partial charge in [0.2, 0.25) is 0 Å². The Bertz CT molecular complexity index is 1620. The van der Waals surface area contributed by atoms with Crippen LogP contribution < -0.4 is 20.1 Å². The highest BCUT2D eigenvalue weighted by Gasteiger charge is 2.56. The molecular formula is C30H28N2O6. The molecule has 2 aliphatic rings. The van der Waals surface area contributed by atoms with Crippen LogP contribution in [0.25, 0.3) is 10.8 Å². The van der Waals surface area contributed by atoms with Crippen LogP contribution in [0.5, 0.6) is 17.2 Å². The van der Waals surface area contributed by atoms with Crippen molar-refractivity contribution >= 4 is 28.2 Å². The Morgan fingerprint density at radius 2 is 1.89 bits per heavy atom. The number of methoxy groups -OCH3 is 1. The molecule has 3 aromatic carbocycles. The number of fused-ring (bicyclic) bond motifs is 4. The summed E-state index contributed by atoms with van der Waals surface area (Å²) in [7, 11) is 2.99. The molecule has 0 spiro atoms. The molecule has 5 rings (SSSR count). The van der Waals surface area contributed by atoms with E-state index in [2.05, 4.69) is 10.6 Å². The summed E-state index contributed by atoms with van der Waals surface area (Å²) in [5.74, 6) is -1.68. The van der Waals surface area contributed by atoms with Crippen molar-refractivity contribution in [3.8, 4) is 17.2 Å². The zero-order valence-corrected chi connectivity index (χ0v) is 21.8. The molecule has 0 saturated heterocycles. The fraction of sp³-hybridized carbons (Fsp3) is 0.233. The average Bonchev–Trinajstić information content (AvgIpc) is 3.21. The van der Waals surface area contributed by atoms with Crippen LogP contribution >= 0.6 is 0 Å². The van der Waals surface area contributed by atoms with Gasteiger partial charge in [-0.2, -0.15) is 0 Å². The largest absolute Gasteiger partial charge is 0.507 e. The molecule has 1 aliphatic carbocycles. The van der Waals surface area contributed by atoms with Gasteiger partial charge in [0.05, 0.1) is 18.2 Å². The van der Waals surface area contributed by atoms with Crippen LogP contribution in [0.2, 0.25) is 0 Å². The lowest BCUT2D eigenvalue weighted by molar-refractivity contribution is -0.123. The summed E-state index contributed by atoms with van der Waals surface area (Å²) >= 11 is 0. The van der Waals surface area contributed by atoms with Gasteiger partial charge in [-0.25, -0.2) is 0 Å². The minimum absolute atomic E-state index is 0.00717. The van der Waals surface area contributed by atoms with Crippen LogP contribution in [-0.2, 0) is 21.5 Å². The third-order valence-corrected chi connectivity index (χ3v) is 7.52. The highest BCUT2D eigenvalue weighted by molar-refractivity contribution is 6.31. The highest BCUT2D eigenvalue weighted by atomic mass is 16.5. The maximum Gasteiger partial charge on any atom is 0.259 e. The van der Waals surface area contributed by atoms with Crippen molar-refractivity contribution in [2.24, 2.45) is 0 Å². The third-order valence-electron chi connectivity index (χ3n) is 7.52. The van der Waals surface area contributed by atoms with E-state index in [0.717, 1.165) is 21.9 Å². The number of rotatable bonds is 5. The predicted octanol–water partition coefficient (Wildman–Crippen LogP) is 3.97. The Labute approximate surface area is 219 Å². The van der Waals surface area contributed by atoms with Crippen molar-refractivity contribution in [2.45, 2.75) is 32.7 Å². The number of ketones is 2. The van der Waals surface area contributed by atoms with Gasteiger partial charge in [0, 0.05) is 31.4 Å². The lowest BCUT2D eigenvalue weighted by atomic mass is 9.70. The number of aryl methyl sites for hydroxylation is 1. The summed E-state index contributed by atoms with van der Waals surface area (Å²) in [6, 6.07) is 13.3. The number of aromatic hydroxyl groups is 1. The van der Waals surface area contributed by atoms with Gasteiger partial charge in [-0.3, -0.25) is 14.4 Å². The Morgan fingerprint density at radius 3 is 2.61 bits per heavy atom. The van der Waals surface area contributed by atoms with Crippen molar-refractivity contribution in [2.75, 3.05) is 14.2 Å². The first-order valence-electron chi connectivity index (χ1n) is 12.2. The van der Waals surface area contributed by atoms with E-state index in [4.69, 9.17) is 9.47 Å². The molecule has 0 aromatic heterocycles. The Hall–Kier alpha value is -4.59. The number of hydrogen-bond donors (Lipinski definition) is 3. The lowest BCUT2D eigenvalue weighted by Crippen LogP contribution is -2.41. The number of hydrogen-bond acceptors (Lipinski definition) is 7. The molecule has 0 fully saturated rings. The smallest absolute Gasteiger partial charge is 0.259 e. The van der Waals surface area contributed by atoms with E-state index >= 15 is 0 Å². The van der Waals surface area contributed by atoms with Crippen LogP contribution in [0.15, 0.2) is 65.6 Å². The minimum atomic E-state index is -1.49. The number of phenols is 1. The first-order valence-corrected chi connectivity index (χ1v) is 12.2. The molecule has 194 valence electrons. The maximum absolute atomic E-state index is 13.7.